The van der Waals surface area contributed by atoms with Crippen LogP contribution < -0.4 is 4.90 Å². The minimum atomic E-state index is -0.840. The number of carbonyl (C=O) groups excluding carboxylic acids is 2. The van der Waals surface area contributed by atoms with Crippen molar-refractivity contribution in [3.63, 3.8) is 0 Å². The summed E-state index contributed by atoms with van der Waals surface area (Å²) in [5.74, 6) is -0.656. The molecule has 0 N–H and O–H groups in total. The number of thioether (sulfide) groups is 1. The second-order valence-electron chi connectivity index (χ2n) is 6.24. The number of oxazole rings is 1. The number of amides is 1. The number of esters is 1. The van der Waals surface area contributed by atoms with E-state index in [2.05, 4.69) is 4.98 Å². The van der Waals surface area contributed by atoms with Crippen LogP contribution in [0.1, 0.15) is 12.5 Å². The fourth-order valence-corrected chi connectivity index (χ4v) is 3.72. The van der Waals surface area contributed by atoms with E-state index < -0.39 is 12.1 Å². The van der Waals surface area contributed by atoms with Crippen molar-refractivity contribution in [3.05, 3.63) is 54.1 Å². The van der Waals surface area contributed by atoms with Crippen LogP contribution in [0.5, 0.6) is 0 Å². The predicted molar refractivity (Wildman–Crippen MR) is 103 cm³/mol. The van der Waals surface area contributed by atoms with Gasteiger partial charge in [0.1, 0.15) is 11.3 Å². The maximum atomic E-state index is 12.6. The molecule has 6 nitrogen and oxygen atoms in total. The molecule has 0 saturated carbocycles. The number of nitrogens with zero attached hydrogens (tertiary/aromatic N) is 2. The average molecular weight is 382 g/mol. The van der Waals surface area contributed by atoms with Crippen LogP contribution in [0.3, 0.4) is 0 Å². The Morgan fingerprint density at radius 1 is 1.22 bits per heavy atom. The summed E-state index contributed by atoms with van der Waals surface area (Å²) in [7, 11) is 0. The molecular weight excluding hydrogens is 364 g/mol. The lowest BCUT2D eigenvalue weighted by atomic mass is 10.2. The van der Waals surface area contributed by atoms with Crippen molar-refractivity contribution >= 4 is 40.4 Å². The molecule has 0 saturated heterocycles. The highest BCUT2D eigenvalue weighted by molar-refractivity contribution is 7.99. The van der Waals surface area contributed by atoms with E-state index in [1.54, 1.807) is 11.8 Å². The topological polar surface area (TPSA) is 72.6 Å². The molecule has 2 aromatic carbocycles. The fourth-order valence-electron chi connectivity index (χ4n) is 3.10. The van der Waals surface area contributed by atoms with Crippen LogP contribution in [0.15, 0.2) is 58.2 Å². The molecule has 0 fully saturated rings. The van der Waals surface area contributed by atoms with E-state index in [1.165, 1.54) is 0 Å². The van der Waals surface area contributed by atoms with E-state index >= 15 is 0 Å². The highest BCUT2D eigenvalue weighted by Crippen LogP contribution is 2.28. The van der Waals surface area contributed by atoms with Gasteiger partial charge in [0.25, 0.3) is 11.1 Å². The van der Waals surface area contributed by atoms with Crippen molar-refractivity contribution in [1.29, 1.82) is 0 Å². The molecule has 0 unspecified atom stereocenters. The molecule has 7 heteroatoms. The van der Waals surface area contributed by atoms with Gasteiger partial charge in [0.15, 0.2) is 11.7 Å². The zero-order valence-corrected chi connectivity index (χ0v) is 15.6. The fraction of sp³-hybridized carbons (Fsp3) is 0.250. The predicted octanol–water partition coefficient (Wildman–Crippen LogP) is 3.44. The number of rotatable bonds is 5. The molecule has 0 spiro atoms. The molecule has 1 aliphatic rings. The van der Waals surface area contributed by atoms with E-state index in [0.29, 0.717) is 17.4 Å². The van der Waals surface area contributed by atoms with Gasteiger partial charge in [-0.25, -0.2) is 4.98 Å². The van der Waals surface area contributed by atoms with Crippen molar-refractivity contribution in [2.45, 2.75) is 24.7 Å². The van der Waals surface area contributed by atoms with E-state index in [-0.39, 0.29) is 11.7 Å². The lowest BCUT2D eigenvalue weighted by Crippen LogP contribution is -2.39. The Bertz CT molecular complexity index is 967. The van der Waals surface area contributed by atoms with Crippen LogP contribution in [0, 0.1) is 0 Å². The highest BCUT2D eigenvalue weighted by atomic mass is 32.2. The molecule has 3 aromatic rings. The monoisotopic (exact) mass is 382 g/mol. The third kappa shape index (κ3) is 3.68. The first kappa shape index (κ1) is 17.6. The van der Waals surface area contributed by atoms with Crippen LogP contribution in [-0.4, -0.2) is 35.3 Å². The van der Waals surface area contributed by atoms with Gasteiger partial charge in [-0.2, -0.15) is 0 Å². The van der Waals surface area contributed by atoms with Crippen molar-refractivity contribution < 1.29 is 18.7 Å². The summed E-state index contributed by atoms with van der Waals surface area (Å²) < 4.78 is 10.9. The van der Waals surface area contributed by atoms with Crippen molar-refractivity contribution in [1.82, 2.24) is 4.98 Å². The maximum absolute atomic E-state index is 12.6. The number of carbonyl (C=O) groups is 2. The number of hydrogen-bond acceptors (Lipinski definition) is 6. The summed E-state index contributed by atoms with van der Waals surface area (Å²) in [6.07, 6.45) is -0.0243. The summed E-state index contributed by atoms with van der Waals surface area (Å²) in [6.45, 7) is 2.21. The Morgan fingerprint density at radius 3 is 2.85 bits per heavy atom. The summed E-state index contributed by atoms with van der Waals surface area (Å²) in [5.41, 5.74) is 3.44. The molecule has 1 atom stereocenters. The third-order valence-electron chi connectivity index (χ3n) is 4.40. The normalized spacial score (nSPS) is 14.2. The Hall–Kier alpha value is -2.80. The second-order valence-corrected chi connectivity index (χ2v) is 7.16. The number of benzene rings is 2. The van der Waals surface area contributed by atoms with Gasteiger partial charge in [0, 0.05) is 12.2 Å². The lowest BCUT2D eigenvalue weighted by molar-refractivity contribution is -0.151. The Kier molecular flexibility index (Phi) is 4.85. The van der Waals surface area contributed by atoms with Gasteiger partial charge < -0.3 is 14.1 Å². The molecule has 1 amide bonds. The van der Waals surface area contributed by atoms with Crippen molar-refractivity contribution in [2.75, 3.05) is 17.2 Å². The number of ether oxygens (including phenoxy) is 1. The Labute approximate surface area is 160 Å². The lowest BCUT2D eigenvalue weighted by Gasteiger charge is -2.21. The summed E-state index contributed by atoms with van der Waals surface area (Å²) in [4.78, 5) is 30.8. The van der Waals surface area contributed by atoms with Crippen LogP contribution in [0.4, 0.5) is 5.69 Å². The van der Waals surface area contributed by atoms with E-state index in [9.17, 15) is 9.59 Å². The summed E-state index contributed by atoms with van der Waals surface area (Å²) >= 11 is 1.15. The Balaban J connectivity index is 1.33. The van der Waals surface area contributed by atoms with E-state index in [0.717, 1.165) is 35.0 Å². The van der Waals surface area contributed by atoms with Gasteiger partial charge in [0.2, 0.25) is 0 Å². The van der Waals surface area contributed by atoms with E-state index in [1.807, 2.05) is 48.5 Å². The quantitative estimate of drug-likeness (QED) is 0.497. The number of aromatic nitrogens is 1. The van der Waals surface area contributed by atoms with Gasteiger partial charge in [-0.15, -0.1) is 0 Å². The van der Waals surface area contributed by atoms with Gasteiger partial charge in [-0.3, -0.25) is 9.59 Å². The molecule has 2 heterocycles. The van der Waals surface area contributed by atoms with Crippen LogP contribution in [-0.2, 0) is 20.7 Å². The largest absolute Gasteiger partial charge is 0.452 e. The summed E-state index contributed by atoms with van der Waals surface area (Å²) in [6, 6.07) is 15.2. The molecule has 0 radical (unpaired) electrons. The number of para-hydroxylation sites is 3. The molecule has 1 aliphatic heterocycles. The summed E-state index contributed by atoms with van der Waals surface area (Å²) in [5, 5.41) is 0.403. The van der Waals surface area contributed by atoms with Crippen LogP contribution in [0.25, 0.3) is 11.1 Å². The maximum Gasteiger partial charge on any atom is 0.317 e. The van der Waals surface area contributed by atoms with Gasteiger partial charge in [-0.05, 0) is 37.1 Å². The Morgan fingerprint density at radius 2 is 2.00 bits per heavy atom. The molecular formula is C20H18N2O4S. The zero-order chi connectivity index (χ0) is 18.8. The standard InChI is InChI=1S/C20H18N2O4S/c1-13(19(24)22-11-10-14-6-2-4-8-16(14)22)25-18(23)12-27-20-21-15-7-3-5-9-17(15)26-20/h2-9,13H,10-12H2,1H3/t13-/m0/s1. The smallest absolute Gasteiger partial charge is 0.317 e. The zero-order valence-electron chi connectivity index (χ0n) is 14.8. The molecule has 138 valence electrons. The molecule has 0 bridgehead atoms. The second kappa shape index (κ2) is 7.44. The van der Waals surface area contributed by atoms with Gasteiger partial charge in [0.05, 0.1) is 0 Å². The first-order valence-electron chi connectivity index (χ1n) is 8.69. The first-order valence-corrected chi connectivity index (χ1v) is 9.67. The van der Waals surface area contributed by atoms with Crippen LogP contribution in [0.2, 0.25) is 0 Å². The molecule has 27 heavy (non-hydrogen) atoms. The van der Waals surface area contributed by atoms with Crippen LogP contribution >= 0.6 is 11.8 Å². The minimum absolute atomic E-state index is 0.0288. The number of hydrogen-bond donors (Lipinski definition) is 0. The number of anilines is 1. The molecule has 0 aliphatic carbocycles. The average Bonchev–Trinajstić information content (AvgIpc) is 3.29. The van der Waals surface area contributed by atoms with Gasteiger partial charge in [-0.1, -0.05) is 42.1 Å². The number of fused-ring (bicyclic) bond motifs is 2. The van der Waals surface area contributed by atoms with E-state index in [4.69, 9.17) is 9.15 Å². The van der Waals surface area contributed by atoms with Crippen molar-refractivity contribution in [2.24, 2.45) is 0 Å². The van der Waals surface area contributed by atoms with Crippen molar-refractivity contribution in [3.8, 4) is 0 Å². The van der Waals surface area contributed by atoms with Gasteiger partial charge >= 0.3 is 5.97 Å². The minimum Gasteiger partial charge on any atom is -0.452 e. The SMILES string of the molecule is C[C@H](OC(=O)CSc1nc2ccccc2o1)C(=O)N1CCc2ccccc21. The highest BCUT2D eigenvalue weighted by Gasteiger charge is 2.29. The first-order chi connectivity index (χ1) is 13.1. The third-order valence-corrected chi connectivity index (χ3v) is 5.20. The molecule has 1 aromatic heterocycles. The molecule has 4 rings (SSSR count).